The molecular weight excluding hydrogens is 220 g/mol. The maximum Gasteiger partial charge on any atom is 0.326 e. The standard InChI is InChI=1S/C12H24N2O3/c1-6-8(3)9(10(15)16)13-11(17)14-12(4,5)7-2/h8-9H,6-7H2,1-5H3,(H,15,16)(H2,13,14,17)/t8-,9-/m0/s1. The Morgan fingerprint density at radius 3 is 2.18 bits per heavy atom. The van der Waals surface area contributed by atoms with Gasteiger partial charge in [-0.25, -0.2) is 9.59 Å². The van der Waals surface area contributed by atoms with E-state index in [2.05, 4.69) is 10.6 Å². The third kappa shape index (κ3) is 5.56. The normalized spacial score (nSPS) is 14.9. The number of carbonyl (C=O) groups excluding carboxylic acids is 1. The lowest BCUT2D eigenvalue weighted by Crippen LogP contribution is -2.54. The first-order valence-corrected chi connectivity index (χ1v) is 6.05. The monoisotopic (exact) mass is 244 g/mol. The fraction of sp³-hybridized carbons (Fsp3) is 0.833. The number of rotatable bonds is 6. The van der Waals surface area contributed by atoms with Gasteiger partial charge in [-0.15, -0.1) is 0 Å². The topological polar surface area (TPSA) is 78.4 Å². The Labute approximate surface area is 103 Å². The Hall–Kier alpha value is -1.26. The number of nitrogens with one attached hydrogen (secondary N) is 2. The molecule has 2 atom stereocenters. The van der Waals surface area contributed by atoms with Crippen LogP contribution < -0.4 is 10.6 Å². The van der Waals surface area contributed by atoms with Crippen LogP contribution in [0.1, 0.15) is 47.5 Å². The zero-order chi connectivity index (χ0) is 13.6. The second-order valence-corrected chi connectivity index (χ2v) is 5.04. The van der Waals surface area contributed by atoms with E-state index in [1.165, 1.54) is 0 Å². The van der Waals surface area contributed by atoms with Crippen molar-refractivity contribution < 1.29 is 14.7 Å². The van der Waals surface area contributed by atoms with E-state index in [4.69, 9.17) is 5.11 Å². The zero-order valence-corrected chi connectivity index (χ0v) is 11.3. The summed E-state index contributed by atoms with van der Waals surface area (Å²) in [5.41, 5.74) is -0.331. The van der Waals surface area contributed by atoms with E-state index in [-0.39, 0.29) is 11.5 Å². The van der Waals surface area contributed by atoms with Crippen molar-refractivity contribution in [2.75, 3.05) is 0 Å². The highest BCUT2D eigenvalue weighted by molar-refractivity contribution is 5.83. The molecule has 0 aromatic heterocycles. The number of hydrogen-bond acceptors (Lipinski definition) is 2. The van der Waals surface area contributed by atoms with Crippen LogP contribution in [0.25, 0.3) is 0 Å². The Morgan fingerprint density at radius 1 is 1.29 bits per heavy atom. The molecule has 0 aliphatic rings. The molecule has 5 nitrogen and oxygen atoms in total. The average molecular weight is 244 g/mol. The van der Waals surface area contributed by atoms with Crippen LogP contribution in [0.3, 0.4) is 0 Å². The SMILES string of the molecule is CC[C@H](C)[C@H](NC(=O)NC(C)(C)CC)C(=O)O. The molecule has 0 aliphatic heterocycles. The number of carboxylic acid groups (broad SMARTS) is 1. The number of aliphatic carboxylic acids is 1. The van der Waals surface area contributed by atoms with Gasteiger partial charge in [-0.05, 0) is 26.2 Å². The predicted molar refractivity (Wildman–Crippen MR) is 66.9 cm³/mol. The van der Waals surface area contributed by atoms with Crippen LogP contribution in [-0.2, 0) is 4.79 Å². The van der Waals surface area contributed by atoms with Gasteiger partial charge in [0, 0.05) is 5.54 Å². The predicted octanol–water partition coefficient (Wildman–Crippen LogP) is 1.97. The molecule has 0 aromatic rings. The molecule has 2 amide bonds. The van der Waals surface area contributed by atoms with Crippen molar-refractivity contribution in [2.45, 2.75) is 59.0 Å². The Bertz CT molecular complexity index is 277. The van der Waals surface area contributed by atoms with Crippen molar-refractivity contribution in [1.82, 2.24) is 10.6 Å². The summed E-state index contributed by atoms with van der Waals surface area (Å²) in [5, 5.41) is 14.3. The first-order chi connectivity index (χ1) is 7.73. The van der Waals surface area contributed by atoms with Crippen LogP contribution in [0.15, 0.2) is 0 Å². The van der Waals surface area contributed by atoms with Crippen LogP contribution in [-0.4, -0.2) is 28.7 Å². The van der Waals surface area contributed by atoms with Crippen molar-refractivity contribution in [2.24, 2.45) is 5.92 Å². The quantitative estimate of drug-likeness (QED) is 0.668. The second-order valence-electron chi connectivity index (χ2n) is 5.04. The molecular formula is C12H24N2O3. The van der Waals surface area contributed by atoms with Crippen LogP contribution in [0, 0.1) is 5.92 Å². The smallest absolute Gasteiger partial charge is 0.326 e. The molecule has 0 aliphatic carbocycles. The first kappa shape index (κ1) is 15.7. The highest BCUT2D eigenvalue weighted by Crippen LogP contribution is 2.09. The Balaban J connectivity index is 4.47. The summed E-state index contributed by atoms with van der Waals surface area (Å²) in [4.78, 5) is 22.7. The molecule has 17 heavy (non-hydrogen) atoms. The van der Waals surface area contributed by atoms with E-state index in [0.717, 1.165) is 6.42 Å². The highest BCUT2D eigenvalue weighted by Gasteiger charge is 2.27. The van der Waals surface area contributed by atoms with Gasteiger partial charge in [0.1, 0.15) is 6.04 Å². The summed E-state index contributed by atoms with van der Waals surface area (Å²) in [6, 6.07) is -1.27. The van der Waals surface area contributed by atoms with Gasteiger partial charge in [0.25, 0.3) is 0 Å². The minimum atomic E-state index is -0.996. The van der Waals surface area contributed by atoms with E-state index in [1.807, 2.05) is 34.6 Å². The largest absolute Gasteiger partial charge is 0.480 e. The van der Waals surface area contributed by atoms with E-state index < -0.39 is 18.0 Å². The van der Waals surface area contributed by atoms with Gasteiger partial charge in [0.2, 0.25) is 0 Å². The third-order valence-corrected chi connectivity index (χ3v) is 3.10. The minimum absolute atomic E-state index is 0.0945. The lowest BCUT2D eigenvalue weighted by Gasteiger charge is -2.27. The molecule has 0 saturated heterocycles. The average Bonchev–Trinajstić information content (AvgIpc) is 2.24. The van der Waals surface area contributed by atoms with Gasteiger partial charge >= 0.3 is 12.0 Å². The van der Waals surface area contributed by atoms with Gasteiger partial charge in [0.05, 0.1) is 0 Å². The molecule has 0 heterocycles. The van der Waals surface area contributed by atoms with Crippen molar-refractivity contribution >= 4 is 12.0 Å². The Morgan fingerprint density at radius 2 is 1.82 bits per heavy atom. The zero-order valence-electron chi connectivity index (χ0n) is 11.3. The molecule has 0 rings (SSSR count). The molecule has 100 valence electrons. The molecule has 0 fully saturated rings. The number of hydrogen-bond donors (Lipinski definition) is 3. The number of carbonyl (C=O) groups is 2. The van der Waals surface area contributed by atoms with Crippen molar-refractivity contribution in [1.29, 1.82) is 0 Å². The molecule has 5 heteroatoms. The second kappa shape index (κ2) is 6.47. The lowest BCUT2D eigenvalue weighted by molar-refractivity contribution is -0.140. The molecule has 0 aromatic carbocycles. The van der Waals surface area contributed by atoms with Crippen molar-refractivity contribution in [3.05, 3.63) is 0 Å². The Kier molecular flexibility index (Phi) is 5.99. The van der Waals surface area contributed by atoms with Crippen LogP contribution in [0.2, 0.25) is 0 Å². The molecule has 3 N–H and O–H groups in total. The molecule has 0 unspecified atom stereocenters. The summed E-state index contributed by atoms with van der Waals surface area (Å²) in [7, 11) is 0. The molecule has 0 saturated carbocycles. The van der Waals surface area contributed by atoms with Crippen LogP contribution >= 0.6 is 0 Å². The van der Waals surface area contributed by atoms with Gasteiger partial charge < -0.3 is 15.7 Å². The van der Waals surface area contributed by atoms with E-state index in [9.17, 15) is 9.59 Å². The molecule has 0 radical (unpaired) electrons. The van der Waals surface area contributed by atoms with Crippen molar-refractivity contribution in [3.63, 3.8) is 0 Å². The summed E-state index contributed by atoms with van der Waals surface area (Å²) in [6.07, 6.45) is 1.48. The summed E-state index contributed by atoms with van der Waals surface area (Å²) in [6.45, 7) is 9.46. The van der Waals surface area contributed by atoms with Crippen LogP contribution in [0.5, 0.6) is 0 Å². The first-order valence-electron chi connectivity index (χ1n) is 6.05. The fourth-order valence-corrected chi connectivity index (χ4v) is 1.26. The maximum atomic E-state index is 11.7. The fourth-order valence-electron chi connectivity index (χ4n) is 1.26. The minimum Gasteiger partial charge on any atom is -0.480 e. The number of amides is 2. The molecule has 0 bridgehead atoms. The number of carboxylic acids is 1. The summed E-state index contributed by atoms with van der Waals surface area (Å²) < 4.78 is 0. The van der Waals surface area contributed by atoms with E-state index in [1.54, 1.807) is 0 Å². The van der Waals surface area contributed by atoms with Crippen LogP contribution in [0.4, 0.5) is 4.79 Å². The van der Waals surface area contributed by atoms with E-state index >= 15 is 0 Å². The van der Waals surface area contributed by atoms with Gasteiger partial charge in [-0.3, -0.25) is 0 Å². The van der Waals surface area contributed by atoms with Crippen molar-refractivity contribution in [3.8, 4) is 0 Å². The van der Waals surface area contributed by atoms with Gasteiger partial charge in [0.15, 0.2) is 0 Å². The maximum absolute atomic E-state index is 11.7. The van der Waals surface area contributed by atoms with Gasteiger partial charge in [-0.1, -0.05) is 27.2 Å². The summed E-state index contributed by atoms with van der Waals surface area (Å²) in [5.74, 6) is -1.09. The van der Waals surface area contributed by atoms with E-state index in [0.29, 0.717) is 6.42 Å². The van der Waals surface area contributed by atoms with Gasteiger partial charge in [-0.2, -0.15) is 0 Å². The third-order valence-electron chi connectivity index (χ3n) is 3.10. The highest BCUT2D eigenvalue weighted by atomic mass is 16.4. The summed E-state index contributed by atoms with van der Waals surface area (Å²) >= 11 is 0. The lowest BCUT2D eigenvalue weighted by atomic mass is 9.99. The molecule has 0 spiro atoms. The number of urea groups is 1.